The number of amides is 1. The van der Waals surface area contributed by atoms with E-state index in [1.807, 2.05) is 0 Å². The third-order valence-corrected chi connectivity index (χ3v) is 3.58. The lowest BCUT2D eigenvalue weighted by atomic mass is 10.1. The smallest absolute Gasteiger partial charge is 0.244 e. The second-order valence-electron chi connectivity index (χ2n) is 5.39. The van der Waals surface area contributed by atoms with E-state index < -0.39 is 0 Å². The van der Waals surface area contributed by atoms with Gasteiger partial charge in [0, 0.05) is 19.6 Å². The zero-order chi connectivity index (χ0) is 15.3. The van der Waals surface area contributed by atoms with Crippen molar-refractivity contribution in [1.29, 1.82) is 0 Å². The largest absolute Gasteiger partial charge is 0.378 e. The summed E-state index contributed by atoms with van der Waals surface area (Å²) < 4.78 is 5.21. The van der Waals surface area contributed by atoms with Gasteiger partial charge in [-0.15, -0.1) is 0 Å². The van der Waals surface area contributed by atoms with Crippen LogP contribution in [-0.4, -0.2) is 56.2 Å². The molecule has 1 aliphatic rings. The first-order valence-electron chi connectivity index (χ1n) is 8.13. The van der Waals surface area contributed by atoms with Crippen LogP contribution in [0.5, 0.6) is 0 Å². The van der Waals surface area contributed by atoms with E-state index in [2.05, 4.69) is 17.2 Å². The standard InChI is InChI=1S/C15H30N4O2/c1-2-3-4-5-6-7-8-17-15(16)18-13-14(20)19-9-11-21-12-10-19/h2-13H2,1H3,(H3,16,17,18). The van der Waals surface area contributed by atoms with Gasteiger partial charge >= 0.3 is 0 Å². The highest BCUT2D eigenvalue weighted by atomic mass is 16.5. The number of ether oxygens (including phenoxy) is 1. The monoisotopic (exact) mass is 298 g/mol. The predicted octanol–water partition coefficient (Wildman–Crippen LogP) is 1.11. The summed E-state index contributed by atoms with van der Waals surface area (Å²) in [6, 6.07) is 0. The van der Waals surface area contributed by atoms with E-state index in [4.69, 9.17) is 10.5 Å². The molecule has 1 aliphatic heterocycles. The van der Waals surface area contributed by atoms with Crippen LogP contribution in [0.1, 0.15) is 45.4 Å². The molecule has 0 aromatic heterocycles. The molecule has 1 saturated heterocycles. The van der Waals surface area contributed by atoms with E-state index in [0.717, 1.165) is 13.0 Å². The lowest BCUT2D eigenvalue weighted by Crippen LogP contribution is -2.42. The highest BCUT2D eigenvalue weighted by molar-refractivity contribution is 5.84. The molecule has 1 fully saturated rings. The van der Waals surface area contributed by atoms with Crippen molar-refractivity contribution in [3.63, 3.8) is 0 Å². The first-order chi connectivity index (χ1) is 10.2. The Hall–Kier alpha value is -1.30. The van der Waals surface area contributed by atoms with Gasteiger partial charge in [0.1, 0.15) is 6.54 Å². The number of rotatable bonds is 9. The molecule has 1 amide bonds. The molecule has 0 bridgehead atoms. The van der Waals surface area contributed by atoms with Gasteiger partial charge < -0.3 is 20.7 Å². The first kappa shape index (κ1) is 17.8. The maximum absolute atomic E-state index is 11.9. The molecule has 0 aromatic rings. The molecule has 0 aromatic carbocycles. The van der Waals surface area contributed by atoms with Crippen LogP contribution in [0, 0.1) is 0 Å². The highest BCUT2D eigenvalue weighted by Crippen LogP contribution is 2.04. The summed E-state index contributed by atoms with van der Waals surface area (Å²) in [7, 11) is 0. The van der Waals surface area contributed by atoms with Gasteiger partial charge in [-0.2, -0.15) is 0 Å². The van der Waals surface area contributed by atoms with E-state index in [0.29, 0.717) is 32.3 Å². The molecule has 0 unspecified atom stereocenters. The molecule has 0 radical (unpaired) electrons. The maximum atomic E-state index is 11.9. The Morgan fingerprint density at radius 2 is 1.86 bits per heavy atom. The summed E-state index contributed by atoms with van der Waals surface area (Å²) in [5.41, 5.74) is 5.76. The average Bonchev–Trinajstić information content (AvgIpc) is 2.52. The van der Waals surface area contributed by atoms with Crippen molar-refractivity contribution in [2.75, 3.05) is 39.4 Å². The highest BCUT2D eigenvalue weighted by Gasteiger charge is 2.15. The van der Waals surface area contributed by atoms with Crippen molar-refractivity contribution in [3.05, 3.63) is 0 Å². The molecule has 1 heterocycles. The number of hydrogen-bond acceptors (Lipinski definition) is 3. The number of nitrogens with one attached hydrogen (secondary N) is 1. The predicted molar refractivity (Wildman–Crippen MR) is 85.3 cm³/mol. The number of hydrogen-bond donors (Lipinski definition) is 2. The lowest BCUT2D eigenvalue weighted by molar-refractivity contribution is -0.133. The molecule has 0 saturated carbocycles. The van der Waals surface area contributed by atoms with Gasteiger partial charge in [-0.3, -0.25) is 4.79 Å². The minimum atomic E-state index is 0.0163. The maximum Gasteiger partial charge on any atom is 0.244 e. The number of carbonyl (C=O) groups excluding carboxylic acids is 1. The Bertz CT molecular complexity index is 315. The summed E-state index contributed by atoms with van der Waals surface area (Å²) in [6.45, 7) is 5.70. The van der Waals surface area contributed by atoms with Crippen molar-refractivity contribution >= 4 is 11.9 Å². The quantitative estimate of drug-likeness (QED) is 0.380. The molecular formula is C15H30N4O2. The Balaban J connectivity index is 2.05. The fourth-order valence-corrected chi connectivity index (χ4v) is 2.24. The van der Waals surface area contributed by atoms with E-state index in [1.165, 1.54) is 32.1 Å². The number of morpholine rings is 1. The first-order valence-corrected chi connectivity index (χ1v) is 8.13. The van der Waals surface area contributed by atoms with Crippen molar-refractivity contribution in [2.45, 2.75) is 45.4 Å². The van der Waals surface area contributed by atoms with Crippen LogP contribution in [-0.2, 0) is 9.53 Å². The Labute approximate surface area is 128 Å². The van der Waals surface area contributed by atoms with Crippen molar-refractivity contribution in [2.24, 2.45) is 10.7 Å². The summed E-state index contributed by atoms with van der Waals surface area (Å²) >= 11 is 0. The van der Waals surface area contributed by atoms with Gasteiger partial charge in [0.2, 0.25) is 5.91 Å². The van der Waals surface area contributed by atoms with E-state index in [-0.39, 0.29) is 12.5 Å². The molecule has 0 atom stereocenters. The average molecular weight is 298 g/mol. The van der Waals surface area contributed by atoms with Gasteiger partial charge in [-0.05, 0) is 6.42 Å². The van der Waals surface area contributed by atoms with E-state index >= 15 is 0 Å². The van der Waals surface area contributed by atoms with Crippen molar-refractivity contribution in [1.82, 2.24) is 10.2 Å². The number of aliphatic imine (C=N–C) groups is 1. The van der Waals surface area contributed by atoms with Gasteiger partial charge in [0.15, 0.2) is 5.96 Å². The Morgan fingerprint density at radius 3 is 2.57 bits per heavy atom. The SMILES string of the molecule is CCCCCCCCNC(N)=NCC(=O)N1CCOCC1. The van der Waals surface area contributed by atoms with Crippen molar-refractivity contribution in [3.8, 4) is 0 Å². The van der Waals surface area contributed by atoms with Crippen molar-refractivity contribution < 1.29 is 9.53 Å². The molecule has 122 valence electrons. The third kappa shape index (κ3) is 8.55. The van der Waals surface area contributed by atoms with Crippen LogP contribution in [0.4, 0.5) is 0 Å². The fourth-order valence-electron chi connectivity index (χ4n) is 2.24. The van der Waals surface area contributed by atoms with Crippen LogP contribution in [0.2, 0.25) is 0 Å². The van der Waals surface area contributed by atoms with Gasteiger partial charge in [0.25, 0.3) is 0 Å². The normalized spacial score (nSPS) is 16.0. The second-order valence-corrected chi connectivity index (χ2v) is 5.39. The third-order valence-electron chi connectivity index (χ3n) is 3.58. The molecule has 21 heavy (non-hydrogen) atoms. The number of nitrogens with zero attached hydrogens (tertiary/aromatic N) is 2. The Morgan fingerprint density at radius 1 is 1.19 bits per heavy atom. The molecule has 6 nitrogen and oxygen atoms in total. The summed E-state index contributed by atoms with van der Waals surface area (Å²) in [5.74, 6) is 0.382. The Kier molecular flexibility index (Phi) is 9.61. The zero-order valence-electron chi connectivity index (χ0n) is 13.3. The molecule has 1 rings (SSSR count). The summed E-state index contributed by atoms with van der Waals surface area (Å²) in [6.07, 6.45) is 7.50. The van der Waals surface area contributed by atoms with Gasteiger partial charge in [0.05, 0.1) is 13.2 Å². The topological polar surface area (TPSA) is 79.9 Å². The minimum absolute atomic E-state index is 0.0163. The zero-order valence-corrected chi connectivity index (χ0v) is 13.3. The van der Waals surface area contributed by atoms with Crippen LogP contribution in [0.3, 0.4) is 0 Å². The minimum Gasteiger partial charge on any atom is -0.378 e. The number of unbranched alkanes of at least 4 members (excludes halogenated alkanes) is 5. The van der Waals surface area contributed by atoms with Gasteiger partial charge in [-0.25, -0.2) is 4.99 Å². The van der Waals surface area contributed by atoms with Crippen LogP contribution in [0.15, 0.2) is 4.99 Å². The number of nitrogens with two attached hydrogens (primary N) is 1. The lowest BCUT2D eigenvalue weighted by Gasteiger charge is -2.26. The molecular weight excluding hydrogens is 268 g/mol. The second kappa shape index (κ2) is 11.4. The van der Waals surface area contributed by atoms with E-state index in [9.17, 15) is 4.79 Å². The van der Waals surface area contributed by atoms with Crippen LogP contribution >= 0.6 is 0 Å². The molecule has 6 heteroatoms. The fraction of sp³-hybridized carbons (Fsp3) is 0.867. The van der Waals surface area contributed by atoms with Crippen LogP contribution < -0.4 is 11.1 Å². The molecule has 0 aliphatic carbocycles. The number of guanidine groups is 1. The van der Waals surface area contributed by atoms with Gasteiger partial charge in [-0.1, -0.05) is 39.0 Å². The molecule has 0 spiro atoms. The summed E-state index contributed by atoms with van der Waals surface area (Å²) in [4.78, 5) is 17.7. The molecule has 3 N–H and O–H groups in total. The number of carbonyl (C=O) groups is 1. The van der Waals surface area contributed by atoms with Crippen LogP contribution in [0.25, 0.3) is 0 Å². The van der Waals surface area contributed by atoms with E-state index in [1.54, 1.807) is 4.90 Å². The summed E-state index contributed by atoms with van der Waals surface area (Å²) in [5, 5.41) is 3.06.